The highest BCUT2D eigenvalue weighted by Gasteiger charge is 2.22. The van der Waals surface area contributed by atoms with Gasteiger partial charge in [-0.2, -0.15) is 0 Å². The summed E-state index contributed by atoms with van der Waals surface area (Å²) < 4.78 is 0. The standard InChI is InChI=1S/C12H11ClN4O2S/c13-7-1-4-9(10(5-7)17(18)19)12-16-15-11(20-12)6-14-8-2-3-8/h1,4-5,8,14H,2-3,6H2. The molecule has 1 aromatic carbocycles. The average Bonchev–Trinajstić information content (AvgIpc) is 3.14. The van der Waals surface area contributed by atoms with Crippen molar-refractivity contribution in [2.45, 2.75) is 25.4 Å². The van der Waals surface area contributed by atoms with Crippen LogP contribution in [0.3, 0.4) is 0 Å². The van der Waals surface area contributed by atoms with E-state index in [2.05, 4.69) is 15.5 Å². The van der Waals surface area contributed by atoms with Crippen molar-refractivity contribution >= 4 is 28.6 Å². The largest absolute Gasteiger partial charge is 0.308 e. The first kappa shape index (κ1) is 13.4. The maximum Gasteiger partial charge on any atom is 0.281 e. The van der Waals surface area contributed by atoms with Gasteiger partial charge in [-0.05, 0) is 25.0 Å². The molecule has 1 fully saturated rings. The van der Waals surface area contributed by atoms with Crippen LogP contribution in [0.4, 0.5) is 5.69 Å². The number of aromatic nitrogens is 2. The number of nitro groups is 1. The molecule has 1 heterocycles. The quantitative estimate of drug-likeness (QED) is 0.678. The SMILES string of the molecule is O=[N+]([O-])c1cc(Cl)ccc1-c1nnc(CNC2CC2)s1. The first-order chi connectivity index (χ1) is 9.63. The lowest BCUT2D eigenvalue weighted by Gasteiger charge is -1.99. The second-order valence-electron chi connectivity index (χ2n) is 4.57. The number of halogens is 1. The summed E-state index contributed by atoms with van der Waals surface area (Å²) in [6.45, 7) is 0.656. The van der Waals surface area contributed by atoms with Crippen molar-refractivity contribution in [2.75, 3.05) is 0 Å². The minimum Gasteiger partial charge on any atom is -0.308 e. The van der Waals surface area contributed by atoms with E-state index in [-0.39, 0.29) is 5.69 Å². The lowest BCUT2D eigenvalue weighted by Crippen LogP contribution is -2.14. The molecule has 1 aromatic heterocycles. The molecule has 0 bridgehead atoms. The molecule has 1 aliphatic rings. The molecule has 3 rings (SSSR count). The van der Waals surface area contributed by atoms with Crippen LogP contribution in [0.5, 0.6) is 0 Å². The lowest BCUT2D eigenvalue weighted by molar-refractivity contribution is -0.384. The molecule has 1 N–H and O–H groups in total. The number of rotatable bonds is 5. The fraction of sp³-hybridized carbons (Fsp3) is 0.333. The van der Waals surface area contributed by atoms with E-state index in [1.54, 1.807) is 12.1 Å². The van der Waals surface area contributed by atoms with Crippen LogP contribution >= 0.6 is 22.9 Å². The van der Waals surface area contributed by atoms with Crippen LogP contribution in [0, 0.1) is 10.1 Å². The molecule has 0 aliphatic heterocycles. The highest BCUT2D eigenvalue weighted by Crippen LogP contribution is 2.34. The van der Waals surface area contributed by atoms with Crippen molar-refractivity contribution in [1.82, 2.24) is 15.5 Å². The van der Waals surface area contributed by atoms with Gasteiger partial charge in [0.2, 0.25) is 0 Å². The van der Waals surface area contributed by atoms with Gasteiger partial charge < -0.3 is 5.32 Å². The Balaban J connectivity index is 1.86. The van der Waals surface area contributed by atoms with E-state index in [0.29, 0.717) is 28.2 Å². The number of nitro benzene ring substituents is 1. The minimum absolute atomic E-state index is 0.0460. The molecule has 0 unspecified atom stereocenters. The zero-order valence-corrected chi connectivity index (χ0v) is 11.9. The maximum absolute atomic E-state index is 11.1. The van der Waals surface area contributed by atoms with Gasteiger partial charge in [0, 0.05) is 23.7 Å². The Bertz CT molecular complexity index is 657. The van der Waals surface area contributed by atoms with Crippen LogP contribution in [0.2, 0.25) is 5.02 Å². The summed E-state index contributed by atoms with van der Waals surface area (Å²) in [5.41, 5.74) is 0.407. The van der Waals surface area contributed by atoms with Crippen LogP contribution in [0.1, 0.15) is 17.8 Å². The molecule has 8 heteroatoms. The molecule has 1 saturated carbocycles. The molecule has 20 heavy (non-hydrogen) atoms. The second kappa shape index (κ2) is 5.43. The monoisotopic (exact) mass is 310 g/mol. The van der Waals surface area contributed by atoms with Gasteiger partial charge >= 0.3 is 0 Å². The third-order valence-electron chi connectivity index (χ3n) is 2.97. The summed E-state index contributed by atoms with van der Waals surface area (Å²) in [6, 6.07) is 5.15. The summed E-state index contributed by atoms with van der Waals surface area (Å²) in [4.78, 5) is 10.6. The zero-order chi connectivity index (χ0) is 14.1. The number of nitrogens with zero attached hydrogens (tertiary/aromatic N) is 3. The van der Waals surface area contributed by atoms with Gasteiger partial charge in [0.05, 0.1) is 10.5 Å². The molecule has 0 atom stereocenters. The molecule has 0 saturated heterocycles. The minimum atomic E-state index is -0.454. The Kier molecular flexibility index (Phi) is 3.64. The fourth-order valence-electron chi connectivity index (χ4n) is 1.79. The molecular formula is C12H11ClN4O2S. The summed E-state index contributed by atoms with van der Waals surface area (Å²) in [5.74, 6) is 0. The molecule has 2 aromatic rings. The van der Waals surface area contributed by atoms with E-state index >= 15 is 0 Å². The third-order valence-corrected chi connectivity index (χ3v) is 4.16. The first-order valence-electron chi connectivity index (χ1n) is 6.13. The van der Waals surface area contributed by atoms with E-state index in [4.69, 9.17) is 11.6 Å². The highest BCUT2D eigenvalue weighted by molar-refractivity contribution is 7.14. The van der Waals surface area contributed by atoms with E-state index < -0.39 is 4.92 Å². The molecule has 0 spiro atoms. The van der Waals surface area contributed by atoms with Gasteiger partial charge in [-0.25, -0.2) is 0 Å². The summed E-state index contributed by atoms with van der Waals surface area (Å²) >= 11 is 7.16. The zero-order valence-electron chi connectivity index (χ0n) is 10.4. The molecule has 0 amide bonds. The summed E-state index contributed by atoms with van der Waals surface area (Å²) in [7, 11) is 0. The average molecular weight is 311 g/mol. The number of hydrogen-bond acceptors (Lipinski definition) is 6. The third kappa shape index (κ3) is 2.95. The Morgan fingerprint density at radius 2 is 2.25 bits per heavy atom. The Hall–Kier alpha value is -1.57. The van der Waals surface area contributed by atoms with E-state index in [9.17, 15) is 10.1 Å². The van der Waals surface area contributed by atoms with Crippen LogP contribution in [-0.4, -0.2) is 21.2 Å². The van der Waals surface area contributed by atoms with Gasteiger partial charge in [0.25, 0.3) is 5.69 Å². The maximum atomic E-state index is 11.1. The molecule has 6 nitrogen and oxygen atoms in total. The predicted octanol–water partition coefficient (Wildman–Crippen LogP) is 3.02. The van der Waals surface area contributed by atoms with Crippen molar-refractivity contribution < 1.29 is 4.92 Å². The second-order valence-corrected chi connectivity index (χ2v) is 6.07. The number of nitrogens with one attached hydrogen (secondary N) is 1. The van der Waals surface area contributed by atoms with Crippen molar-refractivity contribution in [3.8, 4) is 10.6 Å². The smallest absolute Gasteiger partial charge is 0.281 e. The molecular weight excluding hydrogens is 300 g/mol. The molecule has 0 radical (unpaired) electrons. The summed E-state index contributed by atoms with van der Waals surface area (Å²) in [6.07, 6.45) is 2.41. The topological polar surface area (TPSA) is 81.0 Å². The van der Waals surface area contributed by atoms with Crippen molar-refractivity contribution in [1.29, 1.82) is 0 Å². The predicted molar refractivity (Wildman–Crippen MR) is 76.9 cm³/mol. The molecule has 1 aliphatic carbocycles. The van der Waals surface area contributed by atoms with E-state index in [1.165, 1.54) is 30.2 Å². The van der Waals surface area contributed by atoms with Crippen LogP contribution in [0.15, 0.2) is 18.2 Å². The van der Waals surface area contributed by atoms with Crippen LogP contribution < -0.4 is 5.32 Å². The number of hydrogen-bond donors (Lipinski definition) is 1. The normalized spacial score (nSPS) is 14.4. The van der Waals surface area contributed by atoms with E-state index in [0.717, 1.165) is 5.01 Å². The Labute approximate surface area is 123 Å². The van der Waals surface area contributed by atoms with Crippen LogP contribution in [-0.2, 0) is 6.54 Å². The molecule has 104 valence electrons. The first-order valence-corrected chi connectivity index (χ1v) is 7.33. The van der Waals surface area contributed by atoms with Gasteiger partial charge in [0.15, 0.2) is 5.01 Å². The van der Waals surface area contributed by atoms with Crippen molar-refractivity contribution in [3.63, 3.8) is 0 Å². The van der Waals surface area contributed by atoms with Gasteiger partial charge in [-0.1, -0.05) is 22.9 Å². The number of benzene rings is 1. The van der Waals surface area contributed by atoms with E-state index in [1.807, 2.05) is 0 Å². The van der Waals surface area contributed by atoms with Crippen molar-refractivity contribution in [3.05, 3.63) is 38.3 Å². The van der Waals surface area contributed by atoms with Crippen molar-refractivity contribution in [2.24, 2.45) is 0 Å². The summed E-state index contributed by atoms with van der Waals surface area (Å²) in [5, 5.41) is 24.2. The Morgan fingerprint density at radius 3 is 2.95 bits per heavy atom. The van der Waals surface area contributed by atoms with Gasteiger partial charge in [-0.15, -0.1) is 10.2 Å². The highest BCUT2D eigenvalue weighted by atomic mass is 35.5. The van der Waals surface area contributed by atoms with Gasteiger partial charge in [-0.3, -0.25) is 10.1 Å². The Morgan fingerprint density at radius 1 is 1.45 bits per heavy atom. The lowest BCUT2D eigenvalue weighted by atomic mass is 10.2. The van der Waals surface area contributed by atoms with Crippen LogP contribution in [0.25, 0.3) is 10.6 Å². The fourth-order valence-corrected chi connectivity index (χ4v) is 2.78. The van der Waals surface area contributed by atoms with Gasteiger partial charge in [0.1, 0.15) is 5.01 Å².